The van der Waals surface area contributed by atoms with E-state index < -0.39 is 8.07 Å². The lowest BCUT2D eigenvalue weighted by molar-refractivity contribution is 0.322. The lowest BCUT2D eigenvalue weighted by Crippen LogP contribution is -2.16. The molecule has 0 aliphatic heterocycles. The van der Waals surface area contributed by atoms with Crippen molar-refractivity contribution in [2.75, 3.05) is 0 Å². The van der Waals surface area contributed by atoms with Gasteiger partial charge in [-0.15, -0.1) is 5.54 Å². The molecule has 0 aliphatic rings. The molecule has 0 rings (SSSR count). The zero-order chi connectivity index (χ0) is 7.33. The molecule has 2 nitrogen and oxygen atoms in total. The van der Waals surface area contributed by atoms with E-state index in [1.54, 1.807) is 0 Å². The summed E-state index contributed by atoms with van der Waals surface area (Å²) in [5, 5.41) is 10.7. The first-order valence-corrected chi connectivity index (χ1v) is 6.25. The average Bonchev–Trinajstić information content (AvgIpc) is 1.63. The van der Waals surface area contributed by atoms with Crippen molar-refractivity contribution < 1.29 is 5.21 Å². The molecule has 0 atom stereocenters. The van der Waals surface area contributed by atoms with Gasteiger partial charge in [0.05, 0.1) is 0 Å². The fourth-order valence-electron chi connectivity index (χ4n) is 0.278. The monoisotopic (exact) mass is 141 g/mol. The fraction of sp³-hybridized carbons (Fsp3) is 0.500. The predicted octanol–water partition coefficient (Wildman–Crippen LogP) is 1.33. The number of nitrogens with zero attached hydrogens (tertiary/aromatic N) is 1. The van der Waals surface area contributed by atoms with Crippen molar-refractivity contribution in [2.24, 2.45) is 5.16 Å². The van der Waals surface area contributed by atoms with Crippen LogP contribution in [-0.4, -0.2) is 19.5 Å². The van der Waals surface area contributed by atoms with Crippen molar-refractivity contribution in [3.63, 3.8) is 0 Å². The first kappa shape index (κ1) is 8.25. The van der Waals surface area contributed by atoms with Gasteiger partial charge in [0.2, 0.25) is 0 Å². The normalized spacial score (nSPS) is 11.0. The topological polar surface area (TPSA) is 32.6 Å². The maximum absolute atomic E-state index is 7.95. The van der Waals surface area contributed by atoms with Gasteiger partial charge >= 0.3 is 0 Å². The van der Waals surface area contributed by atoms with E-state index in [1.807, 2.05) is 0 Å². The third-order valence-electron chi connectivity index (χ3n) is 0.569. The van der Waals surface area contributed by atoms with Crippen molar-refractivity contribution in [3.8, 4) is 11.5 Å². The molecule has 1 N–H and O–H groups in total. The number of oxime groups is 1. The molecule has 0 aromatic heterocycles. The first-order valence-electron chi connectivity index (χ1n) is 2.75. The molecular formula is C6H11NOSi. The standard InChI is InChI=1S/C6H11NOSi/c1-9(2,3)6-4-5-7-8/h5,8H,1-3H3. The molecule has 0 aliphatic carbocycles. The van der Waals surface area contributed by atoms with Crippen molar-refractivity contribution in [1.29, 1.82) is 0 Å². The molecule has 0 aromatic carbocycles. The highest BCUT2D eigenvalue weighted by Gasteiger charge is 2.06. The maximum atomic E-state index is 7.95. The van der Waals surface area contributed by atoms with Crippen LogP contribution in [0.15, 0.2) is 5.16 Å². The first-order chi connectivity index (χ1) is 4.06. The van der Waals surface area contributed by atoms with Crippen LogP contribution in [0.4, 0.5) is 0 Å². The van der Waals surface area contributed by atoms with Gasteiger partial charge in [-0.1, -0.05) is 30.7 Å². The summed E-state index contributed by atoms with van der Waals surface area (Å²) in [6.45, 7) is 6.39. The minimum Gasteiger partial charge on any atom is -0.410 e. The Morgan fingerprint density at radius 2 is 2.00 bits per heavy atom. The lowest BCUT2D eigenvalue weighted by Gasteiger charge is -2.01. The molecule has 0 saturated carbocycles. The Balaban J connectivity index is 3.88. The molecule has 0 heterocycles. The highest BCUT2D eigenvalue weighted by atomic mass is 28.3. The zero-order valence-electron chi connectivity index (χ0n) is 5.97. The van der Waals surface area contributed by atoms with Gasteiger partial charge in [-0.3, -0.25) is 0 Å². The molecule has 50 valence electrons. The highest BCUT2D eigenvalue weighted by molar-refractivity contribution is 6.84. The highest BCUT2D eigenvalue weighted by Crippen LogP contribution is 1.95. The third-order valence-corrected chi connectivity index (χ3v) is 1.46. The quantitative estimate of drug-likeness (QED) is 0.178. The third kappa shape index (κ3) is 7.25. The van der Waals surface area contributed by atoms with Crippen molar-refractivity contribution in [3.05, 3.63) is 0 Å². The van der Waals surface area contributed by atoms with E-state index >= 15 is 0 Å². The Morgan fingerprint density at radius 1 is 1.44 bits per heavy atom. The van der Waals surface area contributed by atoms with E-state index in [0.717, 1.165) is 0 Å². The molecule has 0 amide bonds. The van der Waals surface area contributed by atoms with Gasteiger partial charge in [-0.25, -0.2) is 0 Å². The summed E-state index contributed by atoms with van der Waals surface area (Å²) < 4.78 is 0. The van der Waals surface area contributed by atoms with Crippen LogP contribution in [0, 0.1) is 11.5 Å². The largest absolute Gasteiger partial charge is 0.410 e. The number of hydrogen-bond acceptors (Lipinski definition) is 2. The van der Waals surface area contributed by atoms with E-state index in [9.17, 15) is 0 Å². The van der Waals surface area contributed by atoms with E-state index in [-0.39, 0.29) is 0 Å². The molecular weight excluding hydrogens is 130 g/mol. The molecule has 3 heteroatoms. The summed E-state index contributed by atoms with van der Waals surface area (Å²) in [4.78, 5) is 0. The summed E-state index contributed by atoms with van der Waals surface area (Å²) >= 11 is 0. The van der Waals surface area contributed by atoms with Crippen LogP contribution in [0.25, 0.3) is 0 Å². The zero-order valence-corrected chi connectivity index (χ0v) is 6.97. The number of hydrogen-bond donors (Lipinski definition) is 1. The fourth-order valence-corrected chi connectivity index (χ4v) is 0.775. The van der Waals surface area contributed by atoms with Crippen LogP contribution >= 0.6 is 0 Å². The SMILES string of the molecule is C[Si](C)(C)C#CC=NO. The second-order valence-electron chi connectivity index (χ2n) is 2.76. The van der Waals surface area contributed by atoms with Crippen LogP contribution < -0.4 is 0 Å². The summed E-state index contributed by atoms with van der Waals surface area (Å²) in [6, 6.07) is 0. The second-order valence-corrected chi connectivity index (χ2v) is 7.51. The smallest absolute Gasteiger partial charge is 0.129 e. The van der Waals surface area contributed by atoms with Crippen LogP contribution in [-0.2, 0) is 0 Å². The Bertz CT molecular complexity index is 158. The molecule has 0 spiro atoms. The molecule has 0 bridgehead atoms. The molecule has 0 radical (unpaired) electrons. The van der Waals surface area contributed by atoms with Crippen molar-refractivity contribution in [2.45, 2.75) is 19.6 Å². The van der Waals surface area contributed by atoms with Gasteiger partial charge in [-0.2, -0.15) is 0 Å². The molecule has 0 aromatic rings. The van der Waals surface area contributed by atoms with Gasteiger partial charge in [0.15, 0.2) is 0 Å². The number of rotatable bonds is 0. The lowest BCUT2D eigenvalue weighted by atomic mass is 10.8. The molecule has 9 heavy (non-hydrogen) atoms. The predicted molar refractivity (Wildman–Crippen MR) is 41.4 cm³/mol. The van der Waals surface area contributed by atoms with Gasteiger partial charge in [0.1, 0.15) is 14.3 Å². The summed E-state index contributed by atoms with van der Waals surface area (Å²) in [7, 11) is -1.26. The molecule has 0 saturated heterocycles. The van der Waals surface area contributed by atoms with Gasteiger partial charge in [0.25, 0.3) is 0 Å². The Hall–Kier alpha value is -0.753. The summed E-state index contributed by atoms with van der Waals surface area (Å²) in [5.41, 5.74) is 3.00. The Kier molecular flexibility index (Phi) is 3.03. The Morgan fingerprint density at radius 3 is 2.33 bits per heavy atom. The molecule has 0 unspecified atom stereocenters. The van der Waals surface area contributed by atoms with Crippen LogP contribution in [0.1, 0.15) is 0 Å². The minimum atomic E-state index is -1.26. The van der Waals surface area contributed by atoms with E-state index in [0.29, 0.717) is 0 Å². The van der Waals surface area contributed by atoms with Gasteiger partial charge in [-0.05, 0) is 0 Å². The van der Waals surface area contributed by atoms with Gasteiger partial charge in [0, 0.05) is 0 Å². The van der Waals surface area contributed by atoms with E-state index in [1.165, 1.54) is 6.21 Å². The van der Waals surface area contributed by atoms with Crippen molar-refractivity contribution in [1.82, 2.24) is 0 Å². The second kappa shape index (κ2) is 3.31. The van der Waals surface area contributed by atoms with Crippen LogP contribution in [0.5, 0.6) is 0 Å². The van der Waals surface area contributed by atoms with Crippen LogP contribution in [0.2, 0.25) is 19.6 Å². The maximum Gasteiger partial charge on any atom is 0.129 e. The summed E-state index contributed by atoms with van der Waals surface area (Å²) in [5.74, 6) is 2.65. The van der Waals surface area contributed by atoms with E-state index in [4.69, 9.17) is 5.21 Å². The van der Waals surface area contributed by atoms with Crippen LogP contribution in [0.3, 0.4) is 0 Å². The average molecular weight is 141 g/mol. The van der Waals surface area contributed by atoms with Crippen molar-refractivity contribution >= 4 is 14.3 Å². The Labute approximate surface area is 56.6 Å². The van der Waals surface area contributed by atoms with Gasteiger partial charge < -0.3 is 5.21 Å². The van der Waals surface area contributed by atoms with E-state index in [2.05, 4.69) is 36.3 Å². The summed E-state index contributed by atoms with van der Waals surface area (Å²) in [6.07, 6.45) is 1.21. The minimum absolute atomic E-state index is 1.21. The molecule has 0 fully saturated rings.